The van der Waals surface area contributed by atoms with Gasteiger partial charge in [-0.15, -0.1) is 11.8 Å². The van der Waals surface area contributed by atoms with Gasteiger partial charge in [-0.1, -0.05) is 54.1 Å². The third kappa shape index (κ3) is 6.97. The number of benzene rings is 3. The molecule has 0 aliphatic heterocycles. The first-order chi connectivity index (χ1) is 15.4. The van der Waals surface area contributed by atoms with Crippen LogP contribution in [0.2, 0.25) is 5.02 Å². The summed E-state index contributed by atoms with van der Waals surface area (Å²) in [6, 6.07) is 22.2. The molecule has 0 aliphatic carbocycles. The van der Waals surface area contributed by atoms with E-state index >= 15 is 0 Å². The van der Waals surface area contributed by atoms with E-state index in [0.29, 0.717) is 27.7 Å². The van der Waals surface area contributed by atoms with E-state index in [2.05, 4.69) is 34.9 Å². The average Bonchev–Trinajstić information content (AvgIpc) is 2.79. The lowest BCUT2D eigenvalue weighted by atomic mass is 10.1. The van der Waals surface area contributed by atoms with Crippen LogP contribution in [0.1, 0.15) is 34.0 Å². The number of amides is 2. The second-order valence-electron chi connectivity index (χ2n) is 7.20. The Balaban J connectivity index is 1.54. The maximum Gasteiger partial charge on any atom is 0.255 e. The summed E-state index contributed by atoms with van der Waals surface area (Å²) < 4.78 is 0. The highest BCUT2D eigenvalue weighted by Gasteiger charge is 2.08. The summed E-state index contributed by atoms with van der Waals surface area (Å²) in [4.78, 5) is 24.6. The molecule has 0 aliphatic rings. The van der Waals surface area contributed by atoms with Crippen molar-refractivity contribution in [3.05, 3.63) is 100 Å². The molecule has 0 spiro atoms. The number of hydrogen-bond donors (Lipinski definition) is 2. The number of thioether (sulfide) groups is 1. The zero-order valence-corrected chi connectivity index (χ0v) is 19.5. The number of hydrogen-bond acceptors (Lipinski definition) is 4. The molecule has 7 heteroatoms. The average molecular weight is 466 g/mol. The van der Waals surface area contributed by atoms with Gasteiger partial charge in [0.15, 0.2) is 0 Å². The van der Waals surface area contributed by atoms with Crippen LogP contribution in [-0.4, -0.2) is 23.3 Å². The number of nitrogens with zero attached hydrogens (tertiary/aromatic N) is 1. The summed E-state index contributed by atoms with van der Waals surface area (Å²) in [5.74, 6) is 0.685. The Labute approximate surface area is 197 Å². The Kier molecular flexibility index (Phi) is 8.48. The van der Waals surface area contributed by atoms with Crippen LogP contribution in [0, 0.1) is 6.92 Å². The first kappa shape index (κ1) is 23.6. The number of carbonyl (C=O) groups is 2. The Morgan fingerprint density at radius 2 is 1.72 bits per heavy atom. The molecule has 2 N–H and O–H groups in total. The smallest absolute Gasteiger partial charge is 0.255 e. The Morgan fingerprint density at radius 3 is 2.50 bits per heavy atom. The third-order valence-corrected chi connectivity index (χ3v) is 5.94. The molecule has 3 aromatic carbocycles. The van der Waals surface area contributed by atoms with Gasteiger partial charge in [0.05, 0.1) is 11.5 Å². The molecule has 164 valence electrons. The van der Waals surface area contributed by atoms with Crippen LogP contribution in [-0.2, 0) is 10.5 Å². The van der Waals surface area contributed by atoms with Gasteiger partial charge in [-0.25, -0.2) is 5.43 Å². The van der Waals surface area contributed by atoms with Crippen molar-refractivity contribution in [3.8, 4) is 0 Å². The number of hydrazone groups is 1. The highest BCUT2D eigenvalue weighted by molar-refractivity contribution is 7.99. The van der Waals surface area contributed by atoms with Crippen LogP contribution in [0.4, 0.5) is 5.69 Å². The first-order valence-corrected chi connectivity index (χ1v) is 11.6. The van der Waals surface area contributed by atoms with Crippen molar-refractivity contribution in [2.45, 2.75) is 19.6 Å². The second-order valence-corrected chi connectivity index (χ2v) is 8.62. The van der Waals surface area contributed by atoms with Gasteiger partial charge in [0.25, 0.3) is 5.91 Å². The van der Waals surface area contributed by atoms with Gasteiger partial charge in [0.1, 0.15) is 0 Å². The number of rotatable bonds is 8. The number of aryl methyl sites for hydroxylation is 1. The number of carbonyl (C=O) groups excluding carboxylic acids is 2. The van der Waals surface area contributed by atoms with Crippen molar-refractivity contribution in [1.29, 1.82) is 0 Å². The summed E-state index contributed by atoms with van der Waals surface area (Å²) in [6.07, 6.45) is 0. The molecule has 5 nitrogen and oxygen atoms in total. The van der Waals surface area contributed by atoms with Gasteiger partial charge in [-0.05, 0) is 60.9 Å². The summed E-state index contributed by atoms with van der Waals surface area (Å²) in [6.45, 7) is 3.87. The van der Waals surface area contributed by atoms with Gasteiger partial charge in [0.2, 0.25) is 5.91 Å². The highest BCUT2D eigenvalue weighted by atomic mass is 35.5. The van der Waals surface area contributed by atoms with Gasteiger partial charge in [-0.3, -0.25) is 9.59 Å². The van der Waals surface area contributed by atoms with Crippen molar-refractivity contribution in [2.75, 3.05) is 11.1 Å². The van der Waals surface area contributed by atoms with Crippen LogP contribution < -0.4 is 10.7 Å². The third-order valence-electron chi connectivity index (χ3n) is 4.73. The fourth-order valence-electron chi connectivity index (χ4n) is 2.92. The largest absolute Gasteiger partial charge is 0.322 e. The van der Waals surface area contributed by atoms with Crippen LogP contribution in [0.25, 0.3) is 0 Å². The topological polar surface area (TPSA) is 70.6 Å². The normalized spacial score (nSPS) is 11.2. The number of nitrogens with one attached hydrogen (secondary N) is 2. The van der Waals surface area contributed by atoms with Crippen LogP contribution in [0.15, 0.2) is 77.9 Å². The van der Waals surface area contributed by atoms with Crippen molar-refractivity contribution in [3.63, 3.8) is 0 Å². The van der Waals surface area contributed by atoms with E-state index in [1.165, 1.54) is 11.1 Å². The zero-order valence-electron chi connectivity index (χ0n) is 17.9. The number of halogens is 1. The van der Waals surface area contributed by atoms with Gasteiger partial charge < -0.3 is 5.32 Å². The Morgan fingerprint density at radius 1 is 0.969 bits per heavy atom. The van der Waals surface area contributed by atoms with Crippen LogP contribution in [0.5, 0.6) is 0 Å². The molecule has 0 saturated carbocycles. The molecule has 32 heavy (non-hydrogen) atoms. The summed E-state index contributed by atoms with van der Waals surface area (Å²) in [5.41, 5.74) is 7.58. The van der Waals surface area contributed by atoms with E-state index in [9.17, 15) is 9.59 Å². The first-order valence-electron chi connectivity index (χ1n) is 10.0. The van der Waals surface area contributed by atoms with E-state index < -0.39 is 0 Å². The maximum atomic E-state index is 12.4. The molecular weight excluding hydrogens is 442 g/mol. The van der Waals surface area contributed by atoms with Gasteiger partial charge in [-0.2, -0.15) is 5.10 Å². The monoisotopic (exact) mass is 465 g/mol. The molecule has 0 aromatic heterocycles. The molecular formula is C25H24ClN3O2S. The molecule has 0 bridgehead atoms. The summed E-state index contributed by atoms with van der Waals surface area (Å²) >= 11 is 7.50. The molecule has 0 unspecified atom stereocenters. The minimum atomic E-state index is -0.252. The molecule has 0 atom stereocenters. The predicted molar refractivity (Wildman–Crippen MR) is 134 cm³/mol. The Bertz CT molecular complexity index is 1150. The lowest BCUT2D eigenvalue weighted by Gasteiger charge is -2.08. The van der Waals surface area contributed by atoms with Crippen LogP contribution >= 0.6 is 23.4 Å². The van der Waals surface area contributed by atoms with Crippen molar-refractivity contribution < 1.29 is 9.59 Å². The fourth-order valence-corrected chi connectivity index (χ4v) is 4.01. The van der Waals surface area contributed by atoms with Crippen molar-refractivity contribution in [2.24, 2.45) is 5.10 Å². The molecule has 2 amide bonds. The van der Waals surface area contributed by atoms with E-state index in [-0.39, 0.29) is 11.8 Å². The predicted octanol–water partition coefficient (Wildman–Crippen LogP) is 5.67. The number of anilines is 1. The fraction of sp³-hybridized carbons (Fsp3) is 0.160. The van der Waals surface area contributed by atoms with E-state index in [0.717, 1.165) is 11.3 Å². The van der Waals surface area contributed by atoms with Crippen molar-refractivity contribution >= 4 is 46.6 Å². The van der Waals surface area contributed by atoms with E-state index in [4.69, 9.17) is 11.6 Å². The molecule has 0 fully saturated rings. The minimum absolute atomic E-state index is 0.159. The molecule has 3 aromatic rings. The Hall–Kier alpha value is -3.09. The maximum absolute atomic E-state index is 12.4. The quantitative estimate of drug-likeness (QED) is 0.332. The standard InChI is InChI=1S/C25H24ClN3O2S/c1-17-7-3-4-8-21(17)15-32-16-24(30)29-28-18(2)19-9-6-12-23(14-19)27-25(31)20-10-5-11-22(26)13-20/h3-14H,15-16H2,1-2H3,(H,27,31)(H,29,30)/b28-18-. The molecule has 0 radical (unpaired) electrons. The SMILES string of the molecule is C/C(=N/NC(=O)CSCc1ccccc1C)c1cccc(NC(=O)c2cccc(Cl)c2)c1. The van der Waals surface area contributed by atoms with Gasteiger partial charge in [0, 0.05) is 22.0 Å². The molecule has 0 heterocycles. The minimum Gasteiger partial charge on any atom is -0.322 e. The van der Waals surface area contributed by atoms with E-state index in [1.807, 2.05) is 24.3 Å². The van der Waals surface area contributed by atoms with Crippen LogP contribution in [0.3, 0.4) is 0 Å². The summed E-state index contributed by atoms with van der Waals surface area (Å²) in [7, 11) is 0. The van der Waals surface area contributed by atoms with Gasteiger partial charge >= 0.3 is 0 Å². The lowest BCUT2D eigenvalue weighted by Crippen LogP contribution is -2.21. The highest BCUT2D eigenvalue weighted by Crippen LogP contribution is 2.17. The van der Waals surface area contributed by atoms with E-state index in [1.54, 1.807) is 55.1 Å². The molecule has 0 saturated heterocycles. The molecule has 3 rings (SSSR count). The zero-order chi connectivity index (χ0) is 22.9. The van der Waals surface area contributed by atoms with Crippen molar-refractivity contribution in [1.82, 2.24) is 5.43 Å². The summed E-state index contributed by atoms with van der Waals surface area (Å²) in [5, 5.41) is 7.55. The lowest BCUT2D eigenvalue weighted by molar-refractivity contribution is -0.118. The second kappa shape index (κ2) is 11.5.